The fraction of sp³-hybridized carbons (Fsp3) is 1.00. The number of piperidine rings is 2. The molecule has 4 saturated heterocycles. The summed E-state index contributed by atoms with van der Waals surface area (Å²) in [5.41, 5.74) is 0. The van der Waals surface area contributed by atoms with Gasteiger partial charge < -0.3 is 31.1 Å². The van der Waals surface area contributed by atoms with Gasteiger partial charge in [0.25, 0.3) is 0 Å². The maximum absolute atomic E-state index is 3.48. The molecule has 0 saturated carbocycles. The first-order chi connectivity index (χ1) is 16.9. The zero-order valence-electron chi connectivity index (χ0n) is 24.8. The maximum atomic E-state index is 3.48. The molecule has 4 rings (SSSR count). The van der Waals surface area contributed by atoms with Crippen molar-refractivity contribution in [2.24, 2.45) is 11.8 Å². The quantitative estimate of drug-likeness (QED) is 0.484. The predicted octanol–water partition coefficient (Wildman–Crippen LogP) is 3.89. The van der Waals surface area contributed by atoms with E-state index in [4.69, 9.17) is 0 Å². The van der Waals surface area contributed by atoms with E-state index in [-0.39, 0.29) is 0 Å². The number of rotatable bonds is 4. The van der Waals surface area contributed by atoms with Crippen molar-refractivity contribution in [2.75, 3.05) is 91.6 Å². The van der Waals surface area contributed by atoms with Crippen molar-refractivity contribution >= 4 is 0 Å². The molecule has 4 N–H and O–H groups in total. The number of nitrogens with zero attached hydrogens (tertiary/aromatic N) is 2. The summed E-state index contributed by atoms with van der Waals surface area (Å²) < 4.78 is 0. The fourth-order valence-electron chi connectivity index (χ4n) is 4.66. The van der Waals surface area contributed by atoms with E-state index >= 15 is 0 Å². The highest BCUT2D eigenvalue weighted by Gasteiger charge is 2.18. The lowest BCUT2D eigenvalue weighted by Crippen LogP contribution is -2.47. The molecular weight excluding hydrogens is 420 g/mol. The number of piperazine rings is 2. The van der Waals surface area contributed by atoms with Crippen LogP contribution < -0.4 is 21.3 Å². The molecule has 0 spiro atoms. The Morgan fingerprint density at radius 1 is 0.471 bits per heavy atom. The smallest absolute Gasteiger partial charge is 0.0107 e. The summed E-state index contributed by atoms with van der Waals surface area (Å²) >= 11 is 0. The van der Waals surface area contributed by atoms with Crippen LogP contribution in [0.3, 0.4) is 0 Å². The number of nitrogens with one attached hydrogen (secondary N) is 4. The normalized spacial score (nSPS) is 23.5. The van der Waals surface area contributed by atoms with Crippen molar-refractivity contribution in [3.05, 3.63) is 0 Å². The van der Waals surface area contributed by atoms with E-state index in [1.165, 1.54) is 117 Å². The van der Waals surface area contributed by atoms with Crippen LogP contribution in [0.1, 0.15) is 81.1 Å². The fourth-order valence-corrected chi connectivity index (χ4v) is 4.66. The zero-order chi connectivity index (χ0) is 25.9. The molecule has 0 aliphatic carbocycles. The number of hydrogen-bond acceptors (Lipinski definition) is 6. The molecule has 1 atom stereocenters. The third kappa shape index (κ3) is 19.0. The van der Waals surface area contributed by atoms with Gasteiger partial charge in [0.05, 0.1) is 0 Å². The summed E-state index contributed by atoms with van der Waals surface area (Å²) in [5, 5.41) is 13.7. The van der Waals surface area contributed by atoms with Gasteiger partial charge in [0, 0.05) is 65.4 Å². The first-order valence-corrected chi connectivity index (χ1v) is 15.2. The lowest BCUT2D eigenvalue weighted by Gasteiger charge is -2.32. The van der Waals surface area contributed by atoms with E-state index in [9.17, 15) is 0 Å². The highest BCUT2D eigenvalue weighted by Crippen LogP contribution is 2.13. The van der Waals surface area contributed by atoms with Crippen LogP contribution in [0.5, 0.6) is 0 Å². The summed E-state index contributed by atoms with van der Waals surface area (Å²) in [7, 11) is 0. The second-order valence-electron chi connectivity index (χ2n) is 8.51. The Labute approximate surface area is 215 Å². The average molecular weight is 487 g/mol. The molecule has 6 nitrogen and oxygen atoms in total. The molecule has 0 amide bonds. The van der Waals surface area contributed by atoms with Gasteiger partial charge in [0.15, 0.2) is 0 Å². The molecule has 4 aliphatic rings. The van der Waals surface area contributed by atoms with Gasteiger partial charge in [-0.25, -0.2) is 0 Å². The Morgan fingerprint density at radius 3 is 1.29 bits per heavy atom. The van der Waals surface area contributed by atoms with Gasteiger partial charge in [-0.15, -0.1) is 0 Å². The van der Waals surface area contributed by atoms with Gasteiger partial charge in [0.1, 0.15) is 0 Å². The molecule has 34 heavy (non-hydrogen) atoms. The topological polar surface area (TPSA) is 54.6 Å². The van der Waals surface area contributed by atoms with Crippen LogP contribution in [-0.4, -0.2) is 101 Å². The van der Waals surface area contributed by atoms with Crippen molar-refractivity contribution in [1.82, 2.24) is 31.1 Å². The van der Waals surface area contributed by atoms with Gasteiger partial charge in [-0.2, -0.15) is 0 Å². The lowest BCUT2D eigenvalue weighted by atomic mass is 9.97. The Balaban J connectivity index is 0. The van der Waals surface area contributed by atoms with Crippen molar-refractivity contribution < 1.29 is 0 Å². The minimum Gasteiger partial charge on any atom is -0.317 e. The predicted molar refractivity (Wildman–Crippen MR) is 155 cm³/mol. The lowest BCUT2D eigenvalue weighted by molar-refractivity contribution is 0.186. The first kappa shape index (κ1) is 35.9. The second kappa shape index (κ2) is 29.0. The second-order valence-corrected chi connectivity index (χ2v) is 8.51. The zero-order valence-corrected chi connectivity index (χ0v) is 24.8. The SMILES string of the molecule is C1CC(CN2CCNCC2)CCN1.C1CNC[C@@H](CN2CCNCC2)C1.CC.CC.CC.CC. The molecule has 4 heterocycles. The molecule has 0 bridgehead atoms. The standard InChI is InChI=1S/2C10H21N3.4C2H6/c1-3-11-4-2-10(1)9-13-7-5-12-6-8-13;1-2-10(8-12-3-1)9-13-6-4-11-5-7-13;4*1-2/h2*10-12H,1-9H2;4*1-2H3/t;10-;;;;/m.0..../s1. The average Bonchev–Trinajstić information content (AvgIpc) is 2.96. The van der Waals surface area contributed by atoms with Crippen molar-refractivity contribution in [3.63, 3.8) is 0 Å². The van der Waals surface area contributed by atoms with Gasteiger partial charge in [-0.05, 0) is 63.7 Å². The van der Waals surface area contributed by atoms with Crippen LogP contribution in [0.25, 0.3) is 0 Å². The van der Waals surface area contributed by atoms with Gasteiger partial charge in [-0.3, -0.25) is 0 Å². The van der Waals surface area contributed by atoms with Crippen LogP contribution in [0.2, 0.25) is 0 Å². The highest BCUT2D eigenvalue weighted by atomic mass is 15.2. The van der Waals surface area contributed by atoms with E-state index in [1.54, 1.807) is 0 Å². The molecule has 4 fully saturated rings. The Kier molecular flexibility index (Phi) is 30.6. The van der Waals surface area contributed by atoms with Crippen molar-refractivity contribution in [1.29, 1.82) is 0 Å². The molecule has 0 aromatic heterocycles. The molecule has 208 valence electrons. The van der Waals surface area contributed by atoms with Gasteiger partial charge >= 0.3 is 0 Å². The van der Waals surface area contributed by atoms with Crippen LogP contribution in [0, 0.1) is 11.8 Å². The summed E-state index contributed by atoms with van der Waals surface area (Å²) in [6, 6.07) is 0. The monoisotopic (exact) mass is 487 g/mol. The third-order valence-electron chi connectivity index (χ3n) is 6.31. The van der Waals surface area contributed by atoms with Crippen LogP contribution in [0.4, 0.5) is 0 Å². The van der Waals surface area contributed by atoms with Crippen molar-refractivity contribution in [3.8, 4) is 0 Å². The first-order valence-electron chi connectivity index (χ1n) is 15.2. The Hall–Kier alpha value is -0.240. The highest BCUT2D eigenvalue weighted by molar-refractivity contribution is 4.76. The number of hydrogen-bond donors (Lipinski definition) is 4. The molecule has 0 unspecified atom stereocenters. The summed E-state index contributed by atoms with van der Waals surface area (Å²) in [6.45, 7) is 33.3. The van der Waals surface area contributed by atoms with Crippen LogP contribution in [-0.2, 0) is 0 Å². The largest absolute Gasteiger partial charge is 0.317 e. The van der Waals surface area contributed by atoms with E-state index < -0.39 is 0 Å². The van der Waals surface area contributed by atoms with E-state index in [1.807, 2.05) is 55.4 Å². The Morgan fingerprint density at radius 2 is 0.882 bits per heavy atom. The van der Waals surface area contributed by atoms with Gasteiger partial charge in [0.2, 0.25) is 0 Å². The minimum absolute atomic E-state index is 0.909. The summed E-state index contributed by atoms with van der Waals surface area (Å²) in [5.74, 6) is 1.87. The molecular formula is C28H66N6. The molecule has 4 aliphatic heterocycles. The molecule has 0 aromatic rings. The van der Waals surface area contributed by atoms with Crippen LogP contribution >= 0.6 is 0 Å². The van der Waals surface area contributed by atoms with Gasteiger partial charge in [-0.1, -0.05) is 55.4 Å². The van der Waals surface area contributed by atoms with E-state index in [0.29, 0.717) is 0 Å². The summed E-state index contributed by atoms with van der Waals surface area (Å²) in [6.07, 6.45) is 5.56. The maximum Gasteiger partial charge on any atom is 0.0107 e. The third-order valence-corrected chi connectivity index (χ3v) is 6.31. The summed E-state index contributed by atoms with van der Waals surface area (Å²) in [4.78, 5) is 5.22. The minimum atomic E-state index is 0.909. The molecule has 0 aromatic carbocycles. The van der Waals surface area contributed by atoms with Crippen molar-refractivity contribution in [2.45, 2.75) is 81.1 Å². The van der Waals surface area contributed by atoms with E-state index in [0.717, 1.165) is 11.8 Å². The van der Waals surface area contributed by atoms with Crippen LogP contribution in [0.15, 0.2) is 0 Å². The molecule has 0 radical (unpaired) electrons. The van der Waals surface area contributed by atoms with E-state index in [2.05, 4.69) is 31.1 Å². The Bertz CT molecular complexity index is 279. The molecule has 6 heteroatoms.